The Morgan fingerprint density at radius 2 is 1.82 bits per heavy atom. The standard InChI is InChI=1S/C16H21NO5/c1-16(2,3)22-14(18)17-9-13(10-17)21-15(19)20-11-12-7-5-4-6-8-12/h4-8,13H,9-11H2,1-3H3. The zero-order valence-electron chi connectivity index (χ0n) is 13.1. The Labute approximate surface area is 129 Å². The van der Waals surface area contributed by atoms with E-state index in [9.17, 15) is 9.59 Å². The summed E-state index contributed by atoms with van der Waals surface area (Å²) in [7, 11) is 0. The number of amides is 1. The highest BCUT2D eigenvalue weighted by Gasteiger charge is 2.36. The predicted octanol–water partition coefficient (Wildman–Crippen LogP) is 2.96. The maximum Gasteiger partial charge on any atom is 0.509 e. The largest absolute Gasteiger partial charge is 0.509 e. The van der Waals surface area contributed by atoms with Crippen molar-refractivity contribution in [1.29, 1.82) is 0 Å². The third-order valence-electron chi connectivity index (χ3n) is 2.96. The minimum absolute atomic E-state index is 0.169. The molecule has 0 N–H and O–H groups in total. The lowest BCUT2D eigenvalue weighted by molar-refractivity contribution is -0.0565. The molecule has 1 heterocycles. The first-order chi connectivity index (χ1) is 10.3. The second kappa shape index (κ2) is 6.68. The van der Waals surface area contributed by atoms with E-state index in [2.05, 4.69) is 0 Å². The van der Waals surface area contributed by atoms with Gasteiger partial charge in [-0.1, -0.05) is 30.3 Å². The van der Waals surface area contributed by atoms with Crippen molar-refractivity contribution in [3.63, 3.8) is 0 Å². The van der Waals surface area contributed by atoms with Crippen LogP contribution in [-0.2, 0) is 20.8 Å². The topological polar surface area (TPSA) is 65.1 Å². The molecule has 1 aromatic rings. The van der Waals surface area contributed by atoms with Gasteiger partial charge in [0.1, 0.15) is 18.3 Å². The van der Waals surface area contributed by atoms with E-state index in [1.54, 1.807) is 20.8 Å². The molecule has 0 unspecified atom stereocenters. The van der Waals surface area contributed by atoms with Crippen LogP contribution in [0.25, 0.3) is 0 Å². The summed E-state index contributed by atoms with van der Waals surface area (Å²) in [6, 6.07) is 9.35. The Morgan fingerprint density at radius 3 is 2.41 bits per heavy atom. The molecule has 0 atom stereocenters. The van der Waals surface area contributed by atoms with Crippen LogP contribution in [0.15, 0.2) is 30.3 Å². The third-order valence-corrected chi connectivity index (χ3v) is 2.96. The minimum Gasteiger partial charge on any atom is -0.444 e. The fourth-order valence-corrected chi connectivity index (χ4v) is 1.87. The third kappa shape index (κ3) is 4.95. The molecule has 2 rings (SSSR count). The molecule has 1 amide bonds. The molecule has 120 valence electrons. The number of hydrogen-bond acceptors (Lipinski definition) is 5. The summed E-state index contributed by atoms with van der Waals surface area (Å²) >= 11 is 0. The molecule has 0 spiro atoms. The fourth-order valence-electron chi connectivity index (χ4n) is 1.87. The quantitative estimate of drug-likeness (QED) is 0.803. The molecule has 0 radical (unpaired) electrons. The molecule has 1 aliphatic rings. The monoisotopic (exact) mass is 307 g/mol. The maximum absolute atomic E-state index is 11.7. The number of carbonyl (C=O) groups is 2. The van der Waals surface area contributed by atoms with Gasteiger partial charge in [-0.3, -0.25) is 0 Å². The Kier molecular flexibility index (Phi) is 4.90. The highest BCUT2D eigenvalue weighted by Crippen LogP contribution is 2.17. The average Bonchev–Trinajstić information content (AvgIpc) is 2.39. The van der Waals surface area contributed by atoms with E-state index < -0.39 is 17.8 Å². The van der Waals surface area contributed by atoms with Gasteiger partial charge < -0.3 is 19.1 Å². The highest BCUT2D eigenvalue weighted by atomic mass is 16.7. The first kappa shape index (κ1) is 16.1. The van der Waals surface area contributed by atoms with Gasteiger partial charge >= 0.3 is 12.2 Å². The van der Waals surface area contributed by atoms with Gasteiger partial charge in [0.15, 0.2) is 0 Å². The van der Waals surface area contributed by atoms with E-state index in [-0.39, 0.29) is 12.7 Å². The van der Waals surface area contributed by atoms with Crippen molar-refractivity contribution in [2.45, 2.75) is 39.1 Å². The molecule has 0 bridgehead atoms. The van der Waals surface area contributed by atoms with Crippen LogP contribution in [0.1, 0.15) is 26.3 Å². The Balaban J connectivity index is 1.65. The number of likely N-dealkylation sites (tertiary alicyclic amines) is 1. The molecular weight excluding hydrogens is 286 g/mol. The lowest BCUT2D eigenvalue weighted by Gasteiger charge is -2.38. The van der Waals surface area contributed by atoms with Crippen LogP contribution in [-0.4, -0.2) is 41.9 Å². The van der Waals surface area contributed by atoms with Crippen molar-refractivity contribution in [3.05, 3.63) is 35.9 Å². The predicted molar refractivity (Wildman–Crippen MR) is 79.3 cm³/mol. The van der Waals surface area contributed by atoms with Crippen LogP contribution in [0.2, 0.25) is 0 Å². The van der Waals surface area contributed by atoms with Gasteiger partial charge in [0.25, 0.3) is 0 Å². The summed E-state index contributed by atoms with van der Waals surface area (Å²) in [4.78, 5) is 24.7. The van der Waals surface area contributed by atoms with Crippen LogP contribution in [0.4, 0.5) is 9.59 Å². The average molecular weight is 307 g/mol. The summed E-state index contributed by atoms with van der Waals surface area (Å²) in [6.07, 6.45) is -1.46. The van der Waals surface area contributed by atoms with Crippen molar-refractivity contribution in [2.24, 2.45) is 0 Å². The lowest BCUT2D eigenvalue weighted by Crippen LogP contribution is -2.56. The molecule has 6 nitrogen and oxygen atoms in total. The molecule has 0 saturated carbocycles. The molecule has 1 aliphatic heterocycles. The summed E-state index contributed by atoms with van der Waals surface area (Å²) < 4.78 is 15.3. The van der Waals surface area contributed by atoms with Gasteiger partial charge in [-0.25, -0.2) is 9.59 Å². The SMILES string of the molecule is CC(C)(C)OC(=O)N1CC(OC(=O)OCc2ccccc2)C1. The highest BCUT2D eigenvalue weighted by molar-refractivity contribution is 5.69. The molecule has 22 heavy (non-hydrogen) atoms. The first-order valence-corrected chi connectivity index (χ1v) is 7.19. The molecule has 0 aromatic heterocycles. The van der Waals surface area contributed by atoms with E-state index >= 15 is 0 Å². The van der Waals surface area contributed by atoms with Crippen LogP contribution >= 0.6 is 0 Å². The zero-order chi connectivity index (χ0) is 16.2. The van der Waals surface area contributed by atoms with Gasteiger partial charge in [0.2, 0.25) is 0 Å². The van der Waals surface area contributed by atoms with E-state index in [0.29, 0.717) is 13.1 Å². The van der Waals surface area contributed by atoms with Crippen molar-refractivity contribution in [2.75, 3.05) is 13.1 Å². The van der Waals surface area contributed by atoms with Crippen LogP contribution in [0, 0.1) is 0 Å². The molecular formula is C16H21NO5. The maximum atomic E-state index is 11.7. The molecule has 6 heteroatoms. The zero-order valence-corrected chi connectivity index (χ0v) is 13.1. The van der Waals surface area contributed by atoms with Crippen molar-refractivity contribution in [3.8, 4) is 0 Å². The number of rotatable bonds is 3. The van der Waals surface area contributed by atoms with E-state index in [1.807, 2.05) is 30.3 Å². The van der Waals surface area contributed by atoms with E-state index in [1.165, 1.54) is 4.90 Å². The molecule has 1 aromatic carbocycles. The van der Waals surface area contributed by atoms with Crippen LogP contribution in [0.5, 0.6) is 0 Å². The van der Waals surface area contributed by atoms with Gasteiger partial charge in [-0.05, 0) is 26.3 Å². The second-order valence-electron chi connectivity index (χ2n) is 6.15. The minimum atomic E-state index is -0.724. The van der Waals surface area contributed by atoms with Gasteiger partial charge in [-0.2, -0.15) is 0 Å². The first-order valence-electron chi connectivity index (χ1n) is 7.19. The summed E-state index contributed by atoms with van der Waals surface area (Å²) in [5, 5.41) is 0. The van der Waals surface area contributed by atoms with Crippen LogP contribution in [0.3, 0.4) is 0 Å². The molecule has 1 fully saturated rings. The van der Waals surface area contributed by atoms with Crippen molar-refractivity contribution < 1.29 is 23.8 Å². The summed E-state index contributed by atoms with van der Waals surface area (Å²) in [6.45, 7) is 6.24. The molecule has 1 saturated heterocycles. The lowest BCUT2D eigenvalue weighted by atomic mass is 10.2. The van der Waals surface area contributed by atoms with E-state index in [4.69, 9.17) is 14.2 Å². The second-order valence-corrected chi connectivity index (χ2v) is 6.15. The van der Waals surface area contributed by atoms with Crippen molar-refractivity contribution in [1.82, 2.24) is 4.90 Å². The number of benzene rings is 1. The summed E-state index contributed by atoms with van der Waals surface area (Å²) in [5.74, 6) is 0. The molecule has 0 aliphatic carbocycles. The number of carbonyl (C=O) groups excluding carboxylic acids is 2. The van der Waals surface area contributed by atoms with Gasteiger partial charge in [0, 0.05) is 0 Å². The normalized spacial score (nSPS) is 15.0. The van der Waals surface area contributed by atoms with E-state index in [0.717, 1.165) is 5.56 Å². The number of hydrogen-bond donors (Lipinski definition) is 0. The number of ether oxygens (including phenoxy) is 3. The summed E-state index contributed by atoms with van der Waals surface area (Å²) in [5.41, 5.74) is 0.362. The van der Waals surface area contributed by atoms with Crippen molar-refractivity contribution >= 4 is 12.2 Å². The Hall–Kier alpha value is -2.24. The smallest absolute Gasteiger partial charge is 0.444 e. The Morgan fingerprint density at radius 1 is 1.18 bits per heavy atom. The van der Waals surface area contributed by atoms with Crippen LogP contribution < -0.4 is 0 Å². The van der Waals surface area contributed by atoms with Gasteiger partial charge in [-0.15, -0.1) is 0 Å². The van der Waals surface area contributed by atoms with Gasteiger partial charge in [0.05, 0.1) is 13.1 Å². The number of nitrogens with zero attached hydrogens (tertiary/aromatic N) is 1. The Bertz CT molecular complexity index is 517. The fraction of sp³-hybridized carbons (Fsp3) is 0.500.